The van der Waals surface area contributed by atoms with Crippen molar-refractivity contribution in [2.24, 2.45) is 0 Å². The summed E-state index contributed by atoms with van der Waals surface area (Å²) in [5.74, 6) is 0.0145. The number of anilines is 1. The van der Waals surface area contributed by atoms with Crippen LogP contribution in [0.25, 0.3) is 6.08 Å². The molecule has 0 radical (unpaired) electrons. The van der Waals surface area contributed by atoms with Crippen LogP contribution in [0.5, 0.6) is 0 Å². The van der Waals surface area contributed by atoms with Gasteiger partial charge in [-0.3, -0.25) is 14.9 Å². The Morgan fingerprint density at radius 1 is 1.15 bits per heavy atom. The quantitative estimate of drug-likeness (QED) is 0.797. The number of amides is 1. The smallest absolute Gasteiger partial charge is 0.253 e. The molecule has 1 aromatic heterocycles. The summed E-state index contributed by atoms with van der Waals surface area (Å²) in [4.78, 5) is 35.2. The van der Waals surface area contributed by atoms with Gasteiger partial charge in [0, 0.05) is 5.57 Å². The minimum atomic E-state index is -0.400. The van der Waals surface area contributed by atoms with E-state index >= 15 is 0 Å². The van der Waals surface area contributed by atoms with Gasteiger partial charge in [0.2, 0.25) is 5.95 Å². The van der Waals surface area contributed by atoms with Gasteiger partial charge < -0.3 is 0 Å². The summed E-state index contributed by atoms with van der Waals surface area (Å²) in [6, 6.07) is 0. The second-order valence-corrected chi connectivity index (χ2v) is 4.25. The SMILES string of the molecule is C=Cc1nc(CC(=O)C(=C)C)nc(NC(=O)C(=C)C)n1. The van der Waals surface area contributed by atoms with E-state index in [-0.39, 0.29) is 29.8 Å². The third-order valence-electron chi connectivity index (χ3n) is 2.29. The van der Waals surface area contributed by atoms with Gasteiger partial charge in [-0.25, -0.2) is 4.98 Å². The first kappa shape index (κ1) is 15.4. The van der Waals surface area contributed by atoms with Crippen molar-refractivity contribution in [3.63, 3.8) is 0 Å². The molecule has 1 rings (SSSR count). The molecule has 0 atom stereocenters. The van der Waals surface area contributed by atoms with Crippen LogP contribution < -0.4 is 5.32 Å². The number of aromatic nitrogens is 3. The summed E-state index contributed by atoms with van der Waals surface area (Å²) >= 11 is 0. The molecule has 0 fully saturated rings. The van der Waals surface area contributed by atoms with E-state index in [4.69, 9.17) is 0 Å². The molecule has 20 heavy (non-hydrogen) atoms. The summed E-state index contributed by atoms with van der Waals surface area (Å²) in [5.41, 5.74) is 0.739. The zero-order chi connectivity index (χ0) is 15.3. The number of carbonyl (C=O) groups is 2. The molecule has 0 bridgehead atoms. The normalized spacial score (nSPS) is 9.70. The highest BCUT2D eigenvalue weighted by molar-refractivity contribution is 6.01. The van der Waals surface area contributed by atoms with E-state index < -0.39 is 5.91 Å². The summed E-state index contributed by atoms with van der Waals surface area (Å²) < 4.78 is 0. The fourth-order valence-corrected chi connectivity index (χ4v) is 1.17. The van der Waals surface area contributed by atoms with Crippen molar-refractivity contribution in [3.05, 3.63) is 42.5 Å². The van der Waals surface area contributed by atoms with Gasteiger partial charge in [0.15, 0.2) is 11.6 Å². The summed E-state index contributed by atoms with van der Waals surface area (Å²) in [7, 11) is 0. The molecule has 0 spiro atoms. The molecule has 104 valence electrons. The summed E-state index contributed by atoms with van der Waals surface area (Å²) in [5, 5.41) is 2.48. The van der Waals surface area contributed by atoms with Crippen molar-refractivity contribution in [1.29, 1.82) is 0 Å². The Kier molecular flexibility index (Phi) is 5.02. The first-order valence-corrected chi connectivity index (χ1v) is 5.86. The van der Waals surface area contributed by atoms with Crippen molar-refractivity contribution in [2.45, 2.75) is 20.3 Å². The van der Waals surface area contributed by atoms with Crippen LogP contribution in [-0.4, -0.2) is 26.6 Å². The second kappa shape index (κ2) is 6.51. The maximum Gasteiger partial charge on any atom is 0.253 e. The van der Waals surface area contributed by atoms with E-state index in [1.54, 1.807) is 13.8 Å². The molecule has 0 aliphatic heterocycles. The molecule has 0 aromatic carbocycles. The van der Waals surface area contributed by atoms with Crippen molar-refractivity contribution in [2.75, 3.05) is 5.32 Å². The number of nitrogens with zero attached hydrogens (tertiary/aromatic N) is 3. The molecular weight excluding hydrogens is 256 g/mol. The molecule has 0 unspecified atom stereocenters. The maximum atomic E-state index is 11.6. The Balaban J connectivity index is 3.05. The van der Waals surface area contributed by atoms with E-state index in [0.717, 1.165) is 0 Å². The fourth-order valence-electron chi connectivity index (χ4n) is 1.17. The largest absolute Gasteiger partial charge is 0.294 e. The molecule has 1 amide bonds. The molecule has 6 heteroatoms. The van der Waals surface area contributed by atoms with Gasteiger partial charge in [-0.2, -0.15) is 9.97 Å². The predicted octanol–water partition coefficient (Wildman–Crippen LogP) is 1.72. The van der Waals surface area contributed by atoms with Crippen LogP contribution in [0.2, 0.25) is 0 Å². The van der Waals surface area contributed by atoms with Crippen LogP contribution in [0.3, 0.4) is 0 Å². The standard InChI is InChI=1S/C14H16N4O2/c1-6-11-15-12(7-10(19)8(2)3)17-14(16-11)18-13(20)9(4)5/h6H,1-2,4,7H2,3,5H3,(H,15,16,17,18,20). The number of allylic oxidation sites excluding steroid dienone is 1. The molecule has 0 aliphatic carbocycles. The maximum absolute atomic E-state index is 11.6. The Morgan fingerprint density at radius 2 is 1.80 bits per heavy atom. The third-order valence-corrected chi connectivity index (χ3v) is 2.29. The van der Waals surface area contributed by atoms with Crippen LogP contribution in [0.4, 0.5) is 5.95 Å². The van der Waals surface area contributed by atoms with Gasteiger partial charge in [0.1, 0.15) is 5.82 Å². The van der Waals surface area contributed by atoms with Crippen molar-refractivity contribution < 1.29 is 9.59 Å². The number of carbonyl (C=O) groups excluding carboxylic acids is 2. The lowest BCUT2D eigenvalue weighted by atomic mass is 10.1. The van der Waals surface area contributed by atoms with Gasteiger partial charge in [0.25, 0.3) is 5.91 Å². The Hall–Kier alpha value is -2.63. The highest BCUT2D eigenvalue weighted by atomic mass is 16.1. The lowest BCUT2D eigenvalue weighted by molar-refractivity contribution is -0.115. The van der Waals surface area contributed by atoms with E-state index in [9.17, 15) is 9.59 Å². The van der Waals surface area contributed by atoms with E-state index in [1.807, 2.05) is 0 Å². The van der Waals surface area contributed by atoms with Gasteiger partial charge >= 0.3 is 0 Å². The number of hydrogen-bond acceptors (Lipinski definition) is 5. The fraction of sp³-hybridized carbons (Fsp3) is 0.214. The Labute approximate surface area is 117 Å². The number of Topliss-reactive ketones (excluding diaryl/α,β-unsaturated/α-hetero) is 1. The highest BCUT2D eigenvalue weighted by Crippen LogP contribution is 2.06. The minimum Gasteiger partial charge on any atom is -0.294 e. The molecule has 0 saturated heterocycles. The van der Waals surface area contributed by atoms with E-state index in [2.05, 4.69) is 40.0 Å². The summed E-state index contributed by atoms with van der Waals surface area (Å²) in [6.07, 6.45) is 1.40. The first-order chi connectivity index (χ1) is 9.33. The van der Waals surface area contributed by atoms with Gasteiger partial charge in [-0.05, 0) is 25.5 Å². The lowest BCUT2D eigenvalue weighted by Crippen LogP contribution is -2.17. The van der Waals surface area contributed by atoms with Gasteiger partial charge in [-0.1, -0.05) is 19.7 Å². The van der Waals surface area contributed by atoms with Crippen molar-refractivity contribution in [1.82, 2.24) is 15.0 Å². The Morgan fingerprint density at radius 3 is 2.30 bits per heavy atom. The van der Waals surface area contributed by atoms with E-state index in [1.165, 1.54) is 6.08 Å². The Bertz CT molecular complexity index is 559. The predicted molar refractivity (Wildman–Crippen MR) is 76.9 cm³/mol. The highest BCUT2D eigenvalue weighted by Gasteiger charge is 2.12. The van der Waals surface area contributed by atoms with Crippen molar-refractivity contribution >= 4 is 23.7 Å². The molecular formula is C14H16N4O2. The molecule has 1 aromatic rings. The average molecular weight is 272 g/mol. The lowest BCUT2D eigenvalue weighted by Gasteiger charge is -2.06. The molecule has 0 saturated carbocycles. The molecule has 1 N–H and O–H groups in total. The first-order valence-electron chi connectivity index (χ1n) is 5.86. The topological polar surface area (TPSA) is 84.8 Å². The minimum absolute atomic E-state index is 0.00532. The summed E-state index contributed by atoms with van der Waals surface area (Å²) in [6.45, 7) is 13.8. The van der Waals surface area contributed by atoms with Gasteiger partial charge in [0.05, 0.1) is 6.42 Å². The van der Waals surface area contributed by atoms with Crippen LogP contribution in [0, 0.1) is 0 Å². The van der Waals surface area contributed by atoms with Crippen LogP contribution in [0.1, 0.15) is 25.5 Å². The second-order valence-electron chi connectivity index (χ2n) is 4.25. The number of rotatable bonds is 6. The zero-order valence-electron chi connectivity index (χ0n) is 11.6. The molecule has 1 heterocycles. The number of nitrogens with one attached hydrogen (secondary N) is 1. The van der Waals surface area contributed by atoms with Crippen molar-refractivity contribution in [3.8, 4) is 0 Å². The third kappa shape index (κ3) is 4.24. The van der Waals surface area contributed by atoms with E-state index in [0.29, 0.717) is 11.1 Å². The molecule has 6 nitrogen and oxygen atoms in total. The van der Waals surface area contributed by atoms with Crippen LogP contribution >= 0.6 is 0 Å². The van der Waals surface area contributed by atoms with Crippen LogP contribution in [-0.2, 0) is 16.0 Å². The monoisotopic (exact) mass is 272 g/mol. The van der Waals surface area contributed by atoms with Crippen LogP contribution in [0.15, 0.2) is 30.9 Å². The number of hydrogen-bond donors (Lipinski definition) is 1. The molecule has 0 aliphatic rings. The van der Waals surface area contributed by atoms with Gasteiger partial charge in [-0.15, -0.1) is 0 Å². The average Bonchev–Trinajstić information content (AvgIpc) is 2.37. The number of ketones is 1. The zero-order valence-corrected chi connectivity index (χ0v) is 11.6.